The zero-order chi connectivity index (χ0) is 20.7. The van der Waals surface area contributed by atoms with Crippen LogP contribution in [0.3, 0.4) is 0 Å². The van der Waals surface area contributed by atoms with Crippen molar-refractivity contribution in [3.63, 3.8) is 0 Å². The van der Waals surface area contributed by atoms with Crippen LogP contribution in [0.2, 0.25) is 0 Å². The van der Waals surface area contributed by atoms with Gasteiger partial charge in [-0.1, -0.05) is 6.07 Å². The van der Waals surface area contributed by atoms with Gasteiger partial charge < -0.3 is 5.32 Å². The Labute approximate surface area is 181 Å². The van der Waals surface area contributed by atoms with Crippen LogP contribution in [0.1, 0.15) is 53.8 Å². The van der Waals surface area contributed by atoms with Crippen molar-refractivity contribution in [1.29, 1.82) is 0 Å². The maximum Gasteiger partial charge on any atom is 0.243 e. The molecule has 1 aromatic heterocycles. The van der Waals surface area contributed by atoms with E-state index < -0.39 is 10.0 Å². The van der Waals surface area contributed by atoms with Gasteiger partial charge in [0.2, 0.25) is 15.9 Å². The van der Waals surface area contributed by atoms with Gasteiger partial charge in [0.1, 0.15) is 0 Å². The largest absolute Gasteiger partial charge is 0.302 e. The second-order valence-electron chi connectivity index (χ2n) is 8.55. The van der Waals surface area contributed by atoms with Crippen LogP contribution in [0.25, 0.3) is 0 Å². The van der Waals surface area contributed by atoms with E-state index in [4.69, 9.17) is 0 Å². The van der Waals surface area contributed by atoms with Gasteiger partial charge in [-0.15, -0.1) is 11.3 Å². The van der Waals surface area contributed by atoms with Crippen LogP contribution >= 0.6 is 11.3 Å². The Morgan fingerprint density at radius 2 is 1.80 bits per heavy atom. The molecule has 1 saturated heterocycles. The molecule has 0 unspecified atom stereocenters. The molecule has 6 nitrogen and oxygen atoms in total. The van der Waals surface area contributed by atoms with Gasteiger partial charge in [0.15, 0.2) is 5.13 Å². The van der Waals surface area contributed by atoms with Crippen LogP contribution in [-0.2, 0) is 40.5 Å². The Bertz CT molecular complexity index is 1050. The van der Waals surface area contributed by atoms with Crippen molar-refractivity contribution in [3.05, 3.63) is 39.9 Å². The topological polar surface area (TPSA) is 79.4 Å². The lowest BCUT2D eigenvalue weighted by molar-refractivity contribution is -0.120. The molecule has 160 valence electrons. The molecule has 2 aliphatic carbocycles. The molecule has 3 aliphatic rings. The molecule has 5 rings (SSSR count). The number of amides is 1. The fraction of sp³-hybridized carbons (Fsp3) is 0.545. The summed E-state index contributed by atoms with van der Waals surface area (Å²) in [4.78, 5) is 18.9. The number of rotatable bonds is 4. The van der Waals surface area contributed by atoms with Gasteiger partial charge in [-0.05, 0) is 81.0 Å². The summed E-state index contributed by atoms with van der Waals surface area (Å²) in [5, 5.41) is 3.65. The molecular formula is C22H27N3O3S2. The van der Waals surface area contributed by atoms with E-state index in [1.807, 2.05) is 12.1 Å². The first-order valence-corrected chi connectivity index (χ1v) is 13.2. The first-order chi connectivity index (χ1) is 14.5. The first kappa shape index (κ1) is 20.2. The Hall–Kier alpha value is -1.77. The molecule has 2 heterocycles. The van der Waals surface area contributed by atoms with Crippen molar-refractivity contribution in [2.45, 2.75) is 62.7 Å². The number of hydrogen-bond acceptors (Lipinski definition) is 5. The molecule has 1 aromatic carbocycles. The number of carbonyl (C=O) groups is 1. The van der Waals surface area contributed by atoms with Crippen LogP contribution in [0.5, 0.6) is 0 Å². The third-order valence-electron chi connectivity index (χ3n) is 6.61. The third kappa shape index (κ3) is 3.81. The van der Waals surface area contributed by atoms with Gasteiger partial charge in [-0.25, -0.2) is 13.4 Å². The van der Waals surface area contributed by atoms with Crippen LogP contribution in [0.4, 0.5) is 5.13 Å². The molecular weight excluding hydrogens is 418 g/mol. The van der Waals surface area contributed by atoms with E-state index >= 15 is 0 Å². The second kappa shape index (κ2) is 8.05. The van der Waals surface area contributed by atoms with Crippen molar-refractivity contribution >= 4 is 32.4 Å². The molecule has 0 saturated carbocycles. The van der Waals surface area contributed by atoms with E-state index in [2.05, 4.69) is 10.3 Å². The SMILES string of the molecule is O=C(Nc1nc2c(s1)CCC2)C1CCN(S(=O)(=O)c2ccc3c(c2)CCCC3)CC1. The zero-order valence-corrected chi connectivity index (χ0v) is 18.7. The highest BCUT2D eigenvalue weighted by atomic mass is 32.2. The van der Waals surface area contributed by atoms with E-state index in [9.17, 15) is 13.2 Å². The van der Waals surface area contributed by atoms with Crippen LogP contribution in [0.15, 0.2) is 23.1 Å². The fourth-order valence-corrected chi connectivity index (χ4v) is 7.40. The maximum atomic E-state index is 13.1. The molecule has 1 fully saturated rings. The van der Waals surface area contributed by atoms with Crippen molar-refractivity contribution in [2.75, 3.05) is 18.4 Å². The number of nitrogens with zero attached hydrogens (tertiary/aromatic N) is 2. The van der Waals surface area contributed by atoms with Crippen molar-refractivity contribution < 1.29 is 13.2 Å². The average molecular weight is 446 g/mol. The molecule has 0 spiro atoms. The van der Waals surface area contributed by atoms with Gasteiger partial charge in [0.05, 0.1) is 10.6 Å². The molecule has 8 heteroatoms. The summed E-state index contributed by atoms with van der Waals surface area (Å²) in [5.41, 5.74) is 3.58. The number of anilines is 1. The van der Waals surface area contributed by atoms with Gasteiger partial charge in [-0.3, -0.25) is 4.79 Å². The first-order valence-electron chi connectivity index (χ1n) is 10.9. The number of piperidine rings is 1. The number of nitrogens with one attached hydrogen (secondary N) is 1. The number of benzene rings is 1. The third-order valence-corrected chi connectivity index (χ3v) is 9.58. The molecule has 30 heavy (non-hydrogen) atoms. The molecule has 1 aliphatic heterocycles. The lowest BCUT2D eigenvalue weighted by atomic mass is 9.92. The average Bonchev–Trinajstić information content (AvgIpc) is 3.35. The molecule has 1 amide bonds. The highest BCUT2D eigenvalue weighted by molar-refractivity contribution is 7.89. The van der Waals surface area contributed by atoms with Crippen molar-refractivity contribution in [2.24, 2.45) is 5.92 Å². The van der Waals surface area contributed by atoms with Gasteiger partial charge in [-0.2, -0.15) is 4.31 Å². The van der Waals surface area contributed by atoms with Crippen LogP contribution < -0.4 is 5.32 Å². The van der Waals surface area contributed by atoms with Crippen molar-refractivity contribution in [3.8, 4) is 0 Å². The van der Waals surface area contributed by atoms with E-state index in [0.717, 1.165) is 44.2 Å². The minimum absolute atomic E-state index is 0.0340. The Morgan fingerprint density at radius 1 is 1.03 bits per heavy atom. The predicted octanol–water partition coefficient (Wildman–Crippen LogP) is 3.55. The smallest absolute Gasteiger partial charge is 0.243 e. The number of thiazole rings is 1. The van der Waals surface area contributed by atoms with E-state index in [1.165, 1.54) is 22.4 Å². The number of aryl methyl sites for hydroxylation is 4. The summed E-state index contributed by atoms with van der Waals surface area (Å²) in [6, 6.07) is 5.59. The molecule has 0 bridgehead atoms. The number of aromatic nitrogens is 1. The highest BCUT2D eigenvalue weighted by Crippen LogP contribution is 2.32. The molecule has 0 radical (unpaired) electrons. The summed E-state index contributed by atoms with van der Waals surface area (Å²) in [6.07, 6.45) is 8.60. The Morgan fingerprint density at radius 3 is 2.57 bits per heavy atom. The highest BCUT2D eigenvalue weighted by Gasteiger charge is 2.33. The van der Waals surface area contributed by atoms with E-state index in [-0.39, 0.29) is 11.8 Å². The van der Waals surface area contributed by atoms with Crippen molar-refractivity contribution in [1.82, 2.24) is 9.29 Å². The summed E-state index contributed by atoms with van der Waals surface area (Å²) < 4.78 is 27.8. The van der Waals surface area contributed by atoms with E-state index in [1.54, 1.807) is 21.7 Å². The number of hydrogen-bond donors (Lipinski definition) is 1. The Balaban J connectivity index is 1.22. The Kier molecular flexibility index (Phi) is 5.41. The lowest BCUT2D eigenvalue weighted by Crippen LogP contribution is -2.41. The fourth-order valence-electron chi connectivity index (χ4n) is 4.83. The minimum atomic E-state index is -3.51. The van der Waals surface area contributed by atoms with Gasteiger partial charge in [0, 0.05) is 23.9 Å². The number of fused-ring (bicyclic) bond motifs is 2. The minimum Gasteiger partial charge on any atom is -0.302 e. The van der Waals surface area contributed by atoms with Gasteiger partial charge in [0.25, 0.3) is 0 Å². The standard InChI is InChI=1S/C22H27N3O3S2/c26-21(24-22-23-19-6-3-7-20(19)29-22)16-10-12-25(13-11-16)30(27,28)18-9-8-15-4-1-2-5-17(15)14-18/h8-9,14,16H,1-7,10-13H2,(H,23,24,26). The summed E-state index contributed by atoms with van der Waals surface area (Å²) in [5.74, 6) is -0.202. The molecule has 1 N–H and O–H groups in total. The second-order valence-corrected chi connectivity index (χ2v) is 11.6. The summed E-state index contributed by atoms with van der Waals surface area (Å²) in [7, 11) is -3.51. The zero-order valence-electron chi connectivity index (χ0n) is 17.0. The van der Waals surface area contributed by atoms with Crippen LogP contribution in [-0.4, -0.2) is 36.7 Å². The van der Waals surface area contributed by atoms with E-state index in [0.29, 0.717) is 36.0 Å². The predicted molar refractivity (Wildman–Crippen MR) is 117 cm³/mol. The van der Waals surface area contributed by atoms with Crippen LogP contribution in [0, 0.1) is 5.92 Å². The molecule has 0 atom stereocenters. The lowest BCUT2D eigenvalue weighted by Gasteiger charge is -2.30. The van der Waals surface area contributed by atoms with Gasteiger partial charge >= 0.3 is 0 Å². The quantitative estimate of drug-likeness (QED) is 0.781. The monoisotopic (exact) mass is 445 g/mol. The maximum absolute atomic E-state index is 13.1. The molecule has 2 aromatic rings. The summed E-state index contributed by atoms with van der Waals surface area (Å²) in [6.45, 7) is 0.762. The summed E-state index contributed by atoms with van der Waals surface area (Å²) >= 11 is 1.58. The number of sulfonamides is 1. The number of carbonyl (C=O) groups excluding carboxylic acids is 1. The normalized spacial score (nSPS) is 20.0.